The first-order valence-corrected chi connectivity index (χ1v) is 6.25. The topological polar surface area (TPSA) is 81.2 Å². The SMILES string of the molecule is O=C=Nc1ccccc1Cc1nc(-c2cccnc2)no1. The molecule has 0 aliphatic heterocycles. The molecule has 21 heavy (non-hydrogen) atoms. The largest absolute Gasteiger partial charge is 0.339 e. The van der Waals surface area contributed by atoms with E-state index in [1.165, 1.54) is 0 Å². The molecule has 2 aromatic heterocycles. The summed E-state index contributed by atoms with van der Waals surface area (Å²) >= 11 is 0. The normalized spacial score (nSPS) is 10.1. The molecular weight excluding hydrogens is 268 g/mol. The molecule has 0 radical (unpaired) electrons. The number of rotatable bonds is 4. The smallest absolute Gasteiger partial charge is 0.240 e. The molecule has 0 unspecified atom stereocenters. The fourth-order valence-corrected chi connectivity index (χ4v) is 1.92. The Bertz CT molecular complexity index is 792. The molecule has 0 aliphatic rings. The maximum atomic E-state index is 10.4. The Balaban J connectivity index is 1.87. The zero-order valence-electron chi connectivity index (χ0n) is 10.9. The molecule has 0 bridgehead atoms. The molecule has 0 atom stereocenters. The molecule has 3 rings (SSSR count). The summed E-state index contributed by atoms with van der Waals surface area (Å²) in [5, 5.41) is 3.92. The van der Waals surface area contributed by atoms with E-state index in [9.17, 15) is 4.79 Å². The number of hydrogen-bond donors (Lipinski definition) is 0. The van der Waals surface area contributed by atoms with Gasteiger partial charge < -0.3 is 4.52 Å². The molecule has 0 saturated heterocycles. The summed E-state index contributed by atoms with van der Waals surface area (Å²) in [4.78, 5) is 22.4. The van der Waals surface area contributed by atoms with Crippen molar-refractivity contribution in [3.8, 4) is 11.4 Å². The number of aromatic nitrogens is 3. The molecule has 0 N–H and O–H groups in total. The Hall–Kier alpha value is -3.11. The molecular formula is C15H10N4O2. The van der Waals surface area contributed by atoms with Crippen molar-refractivity contribution in [3.63, 3.8) is 0 Å². The fourth-order valence-electron chi connectivity index (χ4n) is 1.92. The van der Waals surface area contributed by atoms with Crippen LogP contribution in [0.2, 0.25) is 0 Å². The van der Waals surface area contributed by atoms with Gasteiger partial charge >= 0.3 is 0 Å². The molecule has 1 aromatic carbocycles. The van der Waals surface area contributed by atoms with Crippen molar-refractivity contribution in [2.24, 2.45) is 4.99 Å². The van der Waals surface area contributed by atoms with Crippen LogP contribution in [0.4, 0.5) is 5.69 Å². The van der Waals surface area contributed by atoms with Gasteiger partial charge in [0.25, 0.3) is 0 Å². The summed E-state index contributed by atoms with van der Waals surface area (Å²) in [7, 11) is 0. The molecule has 0 aliphatic carbocycles. The van der Waals surface area contributed by atoms with Crippen LogP contribution in [0.15, 0.2) is 58.3 Å². The average Bonchev–Trinajstić information content (AvgIpc) is 2.99. The first-order valence-electron chi connectivity index (χ1n) is 6.25. The lowest BCUT2D eigenvalue weighted by Crippen LogP contribution is -1.89. The molecule has 0 fully saturated rings. The molecule has 0 saturated carbocycles. The number of benzene rings is 1. The Labute approximate surface area is 120 Å². The maximum Gasteiger partial charge on any atom is 0.240 e. The van der Waals surface area contributed by atoms with Gasteiger partial charge in [-0.05, 0) is 23.8 Å². The van der Waals surface area contributed by atoms with Crippen LogP contribution in [-0.2, 0) is 11.2 Å². The predicted octanol–water partition coefficient (Wildman–Crippen LogP) is 2.69. The van der Waals surface area contributed by atoms with Gasteiger partial charge in [-0.25, -0.2) is 4.79 Å². The Morgan fingerprint density at radius 2 is 2.10 bits per heavy atom. The molecule has 6 nitrogen and oxygen atoms in total. The highest BCUT2D eigenvalue weighted by atomic mass is 16.5. The summed E-state index contributed by atoms with van der Waals surface area (Å²) in [5.41, 5.74) is 2.16. The van der Waals surface area contributed by atoms with Gasteiger partial charge in [0.15, 0.2) is 0 Å². The minimum Gasteiger partial charge on any atom is -0.339 e. The highest BCUT2D eigenvalue weighted by molar-refractivity contribution is 5.55. The van der Waals surface area contributed by atoms with Gasteiger partial charge in [0.05, 0.1) is 12.1 Å². The van der Waals surface area contributed by atoms with Gasteiger partial charge in [-0.15, -0.1) is 0 Å². The lowest BCUT2D eigenvalue weighted by Gasteiger charge is -1.99. The van der Waals surface area contributed by atoms with Gasteiger partial charge in [0.1, 0.15) is 0 Å². The first-order chi connectivity index (χ1) is 10.4. The van der Waals surface area contributed by atoms with Crippen molar-refractivity contribution in [1.29, 1.82) is 0 Å². The predicted molar refractivity (Wildman–Crippen MR) is 74.6 cm³/mol. The molecule has 0 amide bonds. The van der Waals surface area contributed by atoms with Gasteiger partial charge in [-0.2, -0.15) is 9.98 Å². The quantitative estimate of drug-likeness (QED) is 0.541. The van der Waals surface area contributed by atoms with E-state index in [2.05, 4.69) is 20.1 Å². The number of hydrogen-bond acceptors (Lipinski definition) is 6. The second kappa shape index (κ2) is 5.90. The van der Waals surface area contributed by atoms with E-state index in [0.717, 1.165) is 11.1 Å². The highest BCUT2D eigenvalue weighted by Crippen LogP contribution is 2.22. The van der Waals surface area contributed by atoms with Crippen molar-refractivity contribution in [1.82, 2.24) is 15.1 Å². The number of isocyanates is 1. The Morgan fingerprint density at radius 3 is 2.90 bits per heavy atom. The standard InChI is InChI=1S/C15H10N4O2/c20-10-17-13-6-2-1-4-11(13)8-14-18-15(19-21-14)12-5-3-7-16-9-12/h1-7,9H,8H2. The van der Waals surface area contributed by atoms with Crippen LogP contribution in [0.3, 0.4) is 0 Å². The first kappa shape index (κ1) is 12.9. The molecule has 2 heterocycles. The number of pyridine rings is 1. The van der Waals surface area contributed by atoms with Crippen molar-refractivity contribution < 1.29 is 9.32 Å². The molecule has 3 aromatic rings. The minimum atomic E-state index is 0.397. The average molecular weight is 278 g/mol. The summed E-state index contributed by atoms with van der Waals surface area (Å²) in [6.07, 6.45) is 5.28. The summed E-state index contributed by atoms with van der Waals surface area (Å²) in [5.74, 6) is 0.928. The number of nitrogens with zero attached hydrogens (tertiary/aromatic N) is 4. The molecule has 6 heteroatoms. The monoisotopic (exact) mass is 278 g/mol. The zero-order chi connectivity index (χ0) is 14.5. The van der Waals surface area contributed by atoms with E-state index in [1.807, 2.05) is 18.2 Å². The van der Waals surface area contributed by atoms with Gasteiger partial charge in [-0.3, -0.25) is 4.98 Å². The zero-order valence-corrected chi connectivity index (χ0v) is 10.9. The van der Waals surface area contributed by atoms with E-state index >= 15 is 0 Å². The lowest BCUT2D eigenvalue weighted by atomic mass is 10.1. The highest BCUT2D eigenvalue weighted by Gasteiger charge is 2.11. The second-order valence-electron chi connectivity index (χ2n) is 4.26. The second-order valence-corrected chi connectivity index (χ2v) is 4.26. The fraction of sp³-hybridized carbons (Fsp3) is 0.0667. The van der Waals surface area contributed by atoms with E-state index in [-0.39, 0.29) is 0 Å². The van der Waals surface area contributed by atoms with E-state index < -0.39 is 0 Å². The van der Waals surface area contributed by atoms with Crippen LogP contribution in [0, 0.1) is 0 Å². The summed E-state index contributed by atoms with van der Waals surface area (Å²) < 4.78 is 5.23. The van der Waals surface area contributed by atoms with Crippen molar-refractivity contribution >= 4 is 11.8 Å². The van der Waals surface area contributed by atoms with Crippen molar-refractivity contribution in [3.05, 3.63) is 60.2 Å². The number of para-hydroxylation sites is 1. The molecule has 102 valence electrons. The van der Waals surface area contributed by atoms with Crippen molar-refractivity contribution in [2.45, 2.75) is 6.42 Å². The van der Waals surface area contributed by atoms with Crippen LogP contribution < -0.4 is 0 Å². The Kier molecular flexibility index (Phi) is 3.62. The maximum absolute atomic E-state index is 10.4. The van der Waals surface area contributed by atoms with Crippen LogP contribution in [0.1, 0.15) is 11.5 Å². The van der Waals surface area contributed by atoms with Crippen LogP contribution >= 0.6 is 0 Å². The minimum absolute atomic E-state index is 0.397. The number of carbonyl (C=O) groups excluding carboxylic acids is 1. The van der Waals surface area contributed by atoms with Crippen LogP contribution in [0.25, 0.3) is 11.4 Å². The Morgan fingerprint density at radius 1 is 1.19 bits per heavy atom. The number of aliphatic imine (C=N–C) groups is 1. The van der Waals surface area contributed by atoms with E-state index in [0.29, 0.717) is 23.8 Å². The lowest BCUT2D eigenvalue weighted by molar-refractivity contribution is 0.386. The van der Waals surface area contributed by atoms with Gasteiger partial charge in [-0.1, -0.05) is 23.4 Å². The summed E-state index contributed by atoms with van der Waals surface area (Å²) in [6, 6.07) is 10.9. The summed E-state index contributed by atoms with van der Waals surface area (Å²) in [6.45, 7) is 0. The van der Waals surface area contributed by atoms with Gasteiger partial charge in [0.2, 0.25) is 17.8 Å². The van der Waals surface area contributed by atoms with E-state index in [1.54, 1.807) is 36.7 Å². The van der Waals surface area contributed by atoms with Crippen LogP contribution in [-0.4, -0.2) is 21.2 Å². The third-order valence-corrected chi connectivity index (χ3v) is 2.89. The third kappa shape index (κ3) is 2.91. The third-order valence-electron chi connectivity index (χ3n) is 2.89. The van der Waals surface area contributed by atoms with E-state index in [4.69, 9.17) is 4.52 Å². The van der Waals surface area contributed by atoms with Gasteiger partial charge in [0, 0.05) is 18.0 Å². The molecule has 0 spiro atoms. The van der Waals surface area contributed by atoms with Crippen LogP contribution in [0.5, 0.6) is 0 Å². The van der Waals surface area contributed by atoms with Crippen molar-refractivity contribution in [2.75, 3.05) is 0 Å².